The van der Waals surface area contributed by atoms with Gasteiger partial charge in [0.25, 0.3) is 0 Å². The molecule has 1 aromatic heterocycles. The number of amides is 1. The van der Waals surface area contributed by atoms with Crippen LogP contribution in [0.4, 0.5) is 4.39 Å². The average molecular weight is 428 g/mol. The Hall–Kier alpha value is -1.98. The fourth-order valence-corrected chi connectivity index (χ4v) is 5.36. The Morgan fingerprint density at radius 1 is 1.14 bits per heavy atom. The van der Waals surface area contributed by atoms with Crippen molar-refractivity contribution in [2.45, 2.75) is 30.4 Å². The van der Waals surface area contributed by atoms with Crippen molar-refractivity contribution in [3.8, 4) is 0 Å². The largest absolute Gasteiger partial charge is 0.339 e. The van der Waals surface area contributed by atoms with Gasteiger partial charge >= 0.3 is 0 Å². The van der Waals surface area contributed by atoms with E-state index in [4.69, 9.17) is 0 Å². The molecule has 0 radical (unpaired) electrons. The maximum Gasteiger partial charge on any atom is 0.243 e. The molecule has 8 nitrogen and oxygen atoms in total. The van der Waals surface area contributed by atoms with Crippen molar-refractivity contribution in [3.05, 3.63) is 35.9 Å². The molecule has 0 bridgehead atoms. The van der Waals surface area contributed by atoms with Gasteiger partial charge in [0.15, 0.2) is 5.16 Å². The quantitative estimate of drug-likeness (QED) is 0.647. The number of halogens is 1. The van der Waals surface area contributed by atoms with Crippen LogP contribution in [0.3, 0.4) is 0 Å². The summed E-state index contributed by atoms with van der Waals surface area (Å²) in [6, 6.07) is 4.76. The predicted octanol–water partition coefficient (Wildman–Crippen LogP) is 1.37. The first kappa shape index (κ1) is 20.7. The Bertz CT molecular complexity index is 938. The standard InChI is InChI=1S/C17H22FN5O3S2/c1-3-23-13(2)19-20-17(23)27-12-16(24)21-8-10-22(11-9-21)28(25,26)15-6-4-14(18)5-7-15/h4-7H,3,8-12H2,1-2H3. The molecule has 152 valence electrons. The number of carbonyl (C=O) groups is 1. The van der Waals surface area contributed by atoms with Crippen LogP contribution in [0.5, 0.6) is 0 Å². The van der Waals surface area contributed by atoms with Gasteiger partial charge in [-0.2, -0.15) is 4.31 Å². The minimum Gasteiger partial charge on any atom is -0.339 e. The van der Waals surface area contributed by atoms with Gasteiger partial charge in [-0.1, -0.05) is 11.8 Å². The van der Waals surface area contributed by atoms with Crippen molar-refractivity contribution in [2.24, 2.45) is 0 Å². The van der Waals surface area contributed by atoms with Crippen LogP contribution in [0.15, 0.2) is 34.3 Å². The molecule has 3 rings (SSSR count). The van der Waals surface area contributed by atoms with Crippen molar-refractivity contribution in [2.75, 3.05) is 31.9 Å². The SMILES string of the molecule is CCn1c(C)nnc1SCC(=O)N1CCN(S(=O)(=O)c2ccc(F)cc2)CC1. The summed E-state index contributed by atoms with van der Waals surface area (Å²) in [4.78, 5) is 14.2. The topological polar surface area (TPSA) is 88.4 Å². The molecule has 2 aromatic rings. The highest BCUT2D eigenvalue weighted by Gasteiger charge is 2.30. The molecule has 0 unspecified atom stereocenters. The molecule has 0 aliphatic carbocycles. The van der Waals surface area contributed by atoms with E-state index in [1.54, 1.807) is 4.90 Å². The number of aryl methyl sites for hydroxylation is 1. The zero-order chi connectivity index (χ0) is 20.3. The maximum atomic E-state index is 13.0. The molecular weight excluding hydrogens is 405 g/mol. The molecular formula is C17H22FN5O3S2. The van der Waals surface area contributed by atoms with Gasteiger partial charge in [-0.25, -0.2) is 12.8 Å². The Labute approximate surface area is 167 Å². The Morgan fingerprint density at radius 2 is 1.79 bits per heavy atom. The van der Waals surface area contributed by atoms with Crippen molar-refractivity contribution >= 4 is 27.7 Å². The highest BCUT2D eigenvalue weighted by Crippen LogP contribution is 2.20. The van der Waals surface area contributed by atoms with E-state index in [0.29, 0.717) is 18.2 Å². The van der Waals surface area contributed by atoms with Gasteiger partial charge in [0.2, 0.25) is 15.9 Å². The monoisotopic (exact) mass is 427 g/mol. The average Bonchev–Trinajstić information content (AvgIpc) is 3.06. The highest BCUT2D eigenvalue weighted by atomic mass is 32.2. The zero-order valence-electron chi connectivity index (χ0n) is 15.7. The number of benzene rings is 1. The predicted molar refractivity (Wildman–Crippen MR) is 103 cm³/mol. The second-order valence-electron chi connectivity index (χ2n) is 6.30. The van der Waals surface area contributed by atoms with Crippen molar-refractivity contribution < 1.29 is 17.6 Å². The number of nitrogens with zero attached hydrogens (tertiary/aromatic N) is 5. The van der Waals surface area contributed by atoms with Gasteiger partial charge in [0.1, 0.15) is 11.6 Å². The van der Waals surface area contributed by atoms with Crippen molar-refractivity contribution in [3.63, 3.8) is 0 Å². The molecule has 1 saturated heterocycles. The molecule has 0 N–H and O–H groups in total. The van der Waals surface area contributed by atoms with Gasteiger partial charge in [-0.15, -0.1) is 10.2 Å². The summed E-state index contributed by atoms with van der Waals surface area (Å²) in [5.41, 5.74) is 0. The minimum atomic E-state index is -3.69. The van der Waals surface area contributed by atoms with E-state index in [2.05, 4.69) is 10.2 Å². The number of piperazine rings is 1. The maximum absolute atomic E-state index is 13.0. The van der Waals surface area contributed by atoms with E-state index in [1.807, 2.05) is 18.4 Å². The fourth-order valence-electron chi connectivity index (χ4n) is 2.98. The molecule has 1 amide bonds. The van der Waals surface area contributed by atoms with Crippen molar-refractivity contribution in [1.29, 1.82) is 0 Å². The van der Waals surface area contributed by atoms with Crippen LogP contribution in [-0.4, -0.2) is 70.2 Å². The number of thioether (sulfide) groups is 1. The Morgan fingerprint density at radius 3 is 2.39 bits per heavy atom. The summed E-state index contributed by atoms with van der Waals surface area (Å²) in [5, 5.41) is 8.80. The van der Waals surface area contributed by atoms with E-state index in [0.717, 1.165) is 24.5 Å². The third kappa shape index (κ3) is 4.36. The summed E-state index contributed by atoms with van der Waals surface area (Å²) in [6.07, 6.45) is 0. The second-order valence-corrected chi connectivity index (χ2v) is 9.18. The van der Waals surface area contributed by atoms with E-state index in [-0.39, 0.29) is 29.6 Å². The van der Waals surface area contributed by atoms with Crippen LogP contribution in [-0.2, 0) is 21.4 Å². The van der Waals surface area contributed by atoms with Gasteiger partial charge < -0.3 is 9.47 Å². The lowest BCUT2D eigenvalue weighted by Gasteiger charge is -2.34. The lowest BCUT2D eigenvalue weighted by atomic mass is 10.3. The van der Waals surface area contributed by atoms with Crippen LogP contribution in [0.25, 0.3) is 0 Å². The number of carbonyl (C=O) groups excluding carboxylic acids is 1. The Balaban J connectivity index is 1.55. The first-order chi connectivity index (χ1) is 13.3. The Kier molecular flexibility index (Phi) is 6.36. The third-order valence-electron chi connectivity index (χ3n) is 4.59. The van der Waals surface area contributed by atoms with Crippen LogP contribution in [0.1, 0.15) is 12.7 Å². The molecule has 11 heteroatoms. The number of sulfonamides is 1. The highest BCUT2D eigenvalue weighted by molar-refractivity contribution is 7.99. The van der Waals surface area contributed by atoms with Crippen molar-refractivity contribution in [1.82, 2.24) is 24.0 Å². The molecule has 0 atom stereocenters. The number of hydrogen-bond donors (Lipinski definition) is 0. The first-order valence-electron chi connectivity index (χ1n) is 8.89. The summed E-state index contributed by atoms with van der Waals surface area (Å²) in [5.74, 6) is 0.480. The number of aromatic nitrogens is 3. The smallest absolute Gasteiger partial charge is 0.243 e. The second kappa shape index (κ2) is 8.58. The summed E-state index contributed by atoms with van der Waals surface area (Å²) in [7, 11) is -3.69. The first-order valence-corrected chi connectivity index (χ1v) is 11.3. The van der Waals surface area contributed by atoms with Gasteiger partial charge in [0, 0.05) is 32.7 Å². The molecule has 1 aromatic carbocycles. The molecule has 0 saturated carbocycles. The summed E-state index contributed by atoms with van der Waals surface area (Å²) >= 11 is 1.33. The number of hydrogen-bond acceptors (Lipinski definition) is 6. The normalized spacial score (nSPS) is 15.8. The third-order valence-corrected chi connectivity index (χ3v) is 7.45. The van der Waals surface area contributed by atoms with E-state index < -0.39 is 15.8 Å². The van der Waals surface area contributed by atoms with E-state index in [1.165, 1.54) is 28.2 Å². The van der Waals surface area contributed by atoms with Gasteiger partial charge in [0.05, 0.1) is 10.6 Å². The zero-order valence-corrected chi connectivity index (χ0v) is 17.3. The van der Waals surface area contributed by atoms with Crippen LogP contribution in [0, 0.1) is 12.7 Å². The molecule has 0 spiro atoms. The van der Waals surface area contributed by atoms with Crippen LogP contribution in [0.2, 0.25) is 0 Å². The van der Waals surface area contributed by atoms with Gasteiger partial charge in [-0.05, 0) is 38.1 Å². The van der Waals surface area contributed by atoms with E-state index in [9.17, 15) is 17.6 Å². The fraction of sp³-hybridized carbons (Fsp3) is 0.471. The molecule has 2 heterocycles. The molecule has 1 aliphatic rings. The molecule has 28 heavy (non-hydrogen) atoms. The lowest BCUT2D eigenvalue weighted by molar-refractivity contribution is -0.129. The lowest BCUT2D eigenvalue weighted by Crippen LogP contribution is -2.50. The van der Waals surface area contributed by atoms with E-state index >= 15 is 0 Å². The van der Waals surface area contributed by atoms with Crippen LogP contribution < -0.4 is 0 Å². The number of rotatable bonds is 6. The minimum absolute atomic E-state index is 0.0542. The van der Waals surface area contributed by atoms with Gasteiger partial charge in [-0.3, -0.25) is 4.79 Å². The van der Waals surface area contributed by atoms with Crippen LogP contribution >= 0.6 is 11.8 Å². The molecule has 1 fully saturated rings. The summed E-state index contributed by atoms with van der Waals surface area (Å²) < 4.78 is 41.6. The summed E-state index contributed by atoms with van der Waals surface area (Å²) in [6.45, 7) is 5.64. The molecule has 1 aliphatic heterocycles.